The summed E-state index contributed by atoms with van der Waals surface area (Å²) in [5.74, 6) is -2.09. The lowest BCUT2D eigenvalue weighted by Gasteiger charge is -1.98. The highest BCUT2D eigenvalue weighted by molar-refractivity contribution is 9.10. The van der Waals surface area contributed by atoms with Crippen molar-refractivity contribution < 1.29 is 14.0 Å². The number of halogens is 2. The van der Waals surface area contributed by atoms with E-state index in [4.69, 9.17) is 0 Å². The maximum absolute atomic E-state index is 13.1. The Balaban J connectivity index is 2.70. The van der Waals surface area contributed by atoms with Gasteiger partial charge in [-0.25, -0.2) is 4.39 Å². The molecule has 0 saturated carbocycles. The number of carbonyl (C=O) groups excluding carboxylic acids is 2. The van der Waals surface area contributed by atoms with Crippen molar-refractivity contribution in [2.24, 2.45) is 0 Å². The molecule has 0 atom stereocenters. The molecule has 1 aromatic carbocycles. The van der Waals surface area contributed by atoms with Crippen LogP contribution in [-0.2, 0) is 4.79 Å². The highest BCUT2D eigenvalue weighted by Gasteiger charge is 2.30. The molecule has 3 nitrogen and oxygen atoms in total. The van der Waals surface area contributed by atoms with E-state index in [2.05, 4.69) is 21.2 Å². The molecular weight excluding hydrogens is 241 g/mol. The zero-order chi connectivity index (χ0) is 9.59. The molecule has 1 aliphatic rings. The van der Waals surface area contributed by atoms with Gasteiger partial charge >= 0.3 is 0 Å². The normalized spacial score (nSPS) is 14.3. The second-order valence-corrected chi connectivity index (χ2v) is 3.51. The molecule has 0 spiro atoms. The van der Waals surface area contributed by atoms with Gasteiger partial charge in [0.2, 0.25) is 0 Å². The number of carbonyl (C=O) groups is 2. The largest absolute Gasteiger partial charge is 0.316 e. The standard InChI is InChI=1S/C8H3BrFNO2/c9-3-1-4-6(5(10)2-3)11-8(13)7(4)12/h1-2H,(H,11,12,13). The third-order valence-corrected chi connectivity index (χ3v) is 2.20. The first-order valence-corrected chi connectivity index (χ1v) is 4.23. The van der Waals surface area contributed by atoms with Crippen molar-refractivity contribution in [2.45, 2.75) is 0 Å². The summed E-state index contributed by atoms with van der Waals surface area (Å²) < 4.78 is 13.5. The topological polar surface area (TPSA) is 46.2 Å². The molecular formula is C8H3BrFNO2. The molecule has 1 heterocycles. The molecule has 66 valence electrons. The highest BCUT2D eigenvalue weighted by atomic mass is 79.9. The van der Waals surface area contributed by atoms with Crippen molar-refractivity contribution in [1.29, 1.82) is 0 Å². The van der Waals surface area contributed by atoms with Gasteiger partial charge in [-0.15, -0.1) is 0 Å². The molecule has 5 heteroatoms. The molecule has 1 N–H and O–H groups in total. The van der Waals surface area contributed by atoms with Gasteiger partial charge in [-0.05, 0) is 12.1 Å². The monoisotopic (exact) mass is 243 g/mol. The van der Waals surface area contributed by atoms with E-state index in [0.29, 0.717) is 4.47 Å². The Morgan fingerprint density at radius 1 is 1.31 bits per heavy atom. The van der Waals surface area contributed by atoms with Crippen LogP contribution in [0.1, 0.15) is 10.4 Å². The van der Waals surface area contributed by atoms with Crippen molar-refractivity contribution in [3.63, 3.8) is 0 Å². The number of Topliss-reactive ketones (excluding diaryl/α,β-unsaturated/α-hetero) is 1. The van der Waals surface area contributed by atoms with Crippen molar-refractivity contribution in [1.82, 2.24) is 0 Å². The Labute approximate surface area is 81.1 Å². The number of hydrogen-bond donors (Lipinski definition) is 1. The molecule has 0 aromatic heterocycles. The minimum Gasteiger partial charge on any atom is -0.316 e. The first-order chi connectivity index (χ1) is 6.09. The summed E-state index contributed by atoms with van der Waals surface area (Å²) in [6.07, 6.45) is 0. The molecule has 0 radical (unpaired) electrons. The predicted octanol–water partition coefficient (Wildman–Crippen LogP) is 1.72. The Morgan fingerprint density at radius 2 is 2.00 bits per heavy atom. The Hall–Kier alpha value is -1.23. The molecule has 0 fully saturated rings. The smallest absolute Gasteiger partial charge is 0.296 e. The molecule has 13 heavy (non-hydrogen) atoms. The molecule has 1 aliphatic heterocycles. The first-order valence-electron chi connectivity index (χ1n) is 3.44. The number of anilines is 1. The Kier molecular flexibility index (Phi) is 1.69. The second-order valence-electron chi connectivity index (χ2n) is 2.59. The van der Waals surface area contributed by atoms with Gasteiger partial charge in [0.25, 0.3) is 11.7 Å². The van der Waals surface area contributed by atoms with Crippen LogP contribution in [0, 0.1) is 5.82 Å². The van der Waals surface area contributed by atoms with E-state index < -0.39 is 17.5 Å². The van der Waals surface area contributed by atoms with Crippen LogP contribution in [0.2, 0.25) is 0 Å². The average Bonchev–Trinajstić information content (AvgIpc) is 2.32. The molecule has 2 rings (SSSR count). The molecule has 0 aliphatic carbocycles. The van der Waals surface area contributed by atoms with Gasteiger partial charge in [-0.3, -0.25) is 9.59 Å². The molecule has 1 aromatic rings. The first kappa shape index (κ1) is 8.37. The second kappa shape index (κ2) is 2.63. The predicted molar refractivity (Wildman–Crippen MR) is 47.1 cm³/mol. The van der Waals surface area contributed by atoms with Crippen LogP contribution in [0.4, 0.5) is 10.1 Å². The number of ketones is 1. The summed E-state index contributed by atoms with van der Waals surface area (Å²) in [6.45, 7) is 0. The fraction of sp³-hybridized carbons (Fsp3) is 0. The van der Waals surface area contributed by atoms with Crippen LogP contribution < -0.4 is 5.32 Å². The zero-order valence-corrected chi connectivity index (χ0v) is 7.81. The van der Waals surface area contributed by atoms with Crippen molar-refractivity contribution in [3.8, 4) is 0 Å². The Morgan fingerprint density at radius 3 is 2.69 bits per heavy atom. The third-order valence-electron chi connectivity index (χ3n) is 1.74. The van der Waals surface area contributed by atoms with Crippen LogP contribution in [0.25, 0.3) is 0 Å². The maximum atomic E-state index is 13.1. The van der Waals surface area contributed by atoms with E-state index in [-0.39, 0.29) is 11.3 Å². The van der Waals surface area contributed by atoms with E-state index in [1.807, 2.05) is 0 Å². The van der Waals surface area contributed by atoms with Crippen LogP contribution in [0.3, 0.4) is 0 Å². The quantitative estimate of drug-likeness (QED) is 0.706. The van der Waals surface area contributed by atoms with Gasteiger partial charge in [0.05, 0.1) is 11.3 Å². The van der Waals surface area contributed by atoms with Crippen LogP contribution >= 0.6 is 15.9 Å². The number of fused-ring (bicyclic) bond motifs is 1. The van der Waals surface area contributed by atoms with Gasteiger partial charge in [0.15, 0.2) is 0 Å². The van der Waals surface area contributed by atoms with Gasteiger partial charge < -0.3 is 5.32 Å². The Bertz CT molecular complexity index is 430. The fourth-order valence-electron chi connectivity index (χ4n) is 1.17. The van der Waals surface area contributed by atoms with E-state index in [0.717, 1.165) is 0 Å². The lowest BCUT2D eigenvalue weighted by Crippen LogP contribution is -2.12. The number of hydrogen-bond acceptors (Lipinski definition) is 2. The summed E-state index contributed by atoms with van der Waals surface area (Å²) in [7, 11) is 0. The molecule has 0 saturated heterocycles. The van der Waals surface area contributed by atoms with Crippen LogP contribution in [0.5, 0.6) is 0 Å². The van der Waals surface area contributed by atoms with E-state index in [1.165, 1.54) is 12.1 Å². The highest BCUT2D eigenvalue weighted by Crippen LogP contribution is 2.29. The molecule has 1 amide bonds. The molecule has 0 unspecified atom stereocenters. The third kappa shape index (κ3) is 1.16. The van der Waals surface area contributed by atoms with Gasteiger partial charge in [0, 0.05) is 4.47 Å². The number of nitrogens with one attached hydrogen (secondary N) is 1. The summed E-state index contributed by atoms with van der Waals surface area (Å²) in [5.41, 5.74) is 0.0510. The zero-order valence-electron chi connectivity index (χ0n) is 6.23. The molecule has 0 bridgehead atoms. The van der Waals surface area contributed by atoms with Gasteiger partial charge in [-0.1, -0.05) is 15.9 Å². The van der Waals surface area contributed by atoms with Crippen LogP contribution in [0.15, 0.2) is 16.6 Å². The fourth-order valence-corrected chi connectivity index (χ4v) is 1.60. The number of amides is 1. The lowest BCUT2D eigenvalue weighted by molar-refractivity contribution is -0.112. The average molecular weight is 244 g/mol. The summed E-state index contributed by atoms with van der Waals surface area (Å²) in [5, 5.41) is 2.16. The van der Waals surface area contributed by atoms with E-state index in [1.54, 1.807) is 0 Å². The summed E-state index contributed by atoms with van der Waals surface area (Å²) in [4.78, 5) is 22.0. The summed E-state index contributed by atoms with van der Waals surface area (Å²) in [6, 6.07) is 2.61. The number of rotatable bonds is 0. The minimum atomic E-state index is -0.785. The number of benzene rings is 1. The lowest BCUT2D eigenvalue weighted by atomic mass is 10.1. The van der Waals surface area contributed by atoms with Crippen molar-refractivity contribution in [2.75, 3.05) is 5.32 Å². The SMILES string of the molecule is O=C1Nc2c(F)cc(Br)cc2C1=O. The van der Waals surface area contributed by atoms with Gasteiger partial charge in [0.1, 0.15) is 5.82 Å². The summed E-state index contributed by atoms with van der Waals surface area (Å²) >= 11 is 3.03. The van der Waals surface area contributed by atoms with Crippen molar-refractivity contribution in [3.05, 3.63) is 28.0 Å². The van der Waals surface area contributed by atoms with E-state index in [9.17, 15) is 14.0 Å². The van der Waals surface area contributed by atoms with Crippen molar-refractivity contribution >= 4 is 33.3 Å². The maximum Gasteiger partial charge on any atom is 0.296 e. The van der Waals surface area contributed by atoms with Gasteiger partial charge in [-0.2, -0.15) is 0 Å². The minimum absolute atomic E-state index is 0.0294. The van der Waals surface area contributed by atoms with Crippen LogP contribution in [-0.4, -0.2) is 11.7 Å². The van der Waals surface area contributed by atoms with E-state index >= 15 is 0 Å².